The van der Waals surface area contributed by atoms with Crippen LogP contribution in [0.4, 0.5) is 20.6 Å². The molecule has 1 unspecified atom stereocenters. The lowest BCUT2D eigenvalue weighted by Gasteiger charge is -2.21. The van der Waals surface area contributed by atoms with Gasteiger partial charge in [-0.05, 0) is 54.1 Å². The van der Waals surface area contributed by atoms with E-state index in [1.165, 1.54) is 48.4 Å². The predicted octanol–water partition coefficient (Wildman–Crippen LogP) is 3.98. The Morgan fingerprint density at radius 1 is 0.943 bits per heavy atom. The van der Waals surface area contributed by atoms with Crippen molar-refractivity contribution in [2.45, 2.75) is 19.0 Å². The first-order valence-corrected chi connectivity index (χ1v) is 10.8. The number of anilines is 2. The summed E-state index contributed by atoms with van der Waals surface area (Å²) in [5.41, 5.74) is 1.76. The van der Waals surface area contributed by atoms with Gasteiger partial charge < -0.3 is 15.0 Å². The highest BCUT2D eigenvalue weighted by Gasteiger charge is 2.46. The topological polar surface area (TPSA) is 96.0 Å². The van der Waals surface area contributed by atoms with E-state index in [-0.39, 0.29) is 13.0 Å². The molecule has 4 amide bonds. The number of carbonyl (C=O) groups is 4. The lowest BCUT2D eigenvalue weighted by atomic mass is 10.1. The van der Waals surface area contributed by atoms with E-state index in [2.05, 4.69) is 10.1 Å². The van der Waals surface area contributed by atoms with Gasteiger partial charge in [0, 0.05) is 12.2 Å². The van der Waals surface area contributed by atoms with Crippen molar-refractivity contribution in [2.24, 2.45) is 0 Å². The van der Waals surface area contributed by atoms with Crippen molar-refractivity contribution in [3.05, 3.63) is 95.8 Å². The van der Waals surface area contributed by atoms with E-state index >= 15 is 0 Å². The standard InChI is InChI=1S/C26H22FN3O5/c1-35-25(33)18-9-13-20(14-10-18)28-23(31)15-22-24(32)30(21-5-3-2-4-6-21)26(34)29(22)16-17-7-11-19(27)12-8-17/h2-14,22H,15-16H2,1H3,(H,28,31). The number of amides is 4. The second-order valence-corrected chi connectivity index (χ2v) is 7.88. The molecule has 0 bridgehead atoms. The van der Waals surface area contributed by atoms with Gasteiger partial charge in [0.1, 0.15) is 11.9 Å². The Balaban J connectivity index is 1.55. The van der Waals surface area contributed by atoms with Crippen LogP contribution in [-0.2, 0) is 20.9 Å². The molecule has 8 nitrogen and oxygen atoms in total. The van der Waals surface area contributed by atoms with Crippen LogP contribution >= 0.6 is 0 Å². The third-order valence-corrected chi connectivity index (χ3v) is 5.57. The maximum atomic E-state index is 13.3. The van der Waals surface area contributed by atoms with E-state index < -0.39 is 35.7 Å². The number of nitrogens with one attached hydrogen (secondary N) is 1. The minimum Gasteiger partial charge on any atom is -0.465 e. The Morgan fingerprint density at radius 2 is 1.60 bits per heavy atom. The van der Waals surface area contributed by atoms with Crippen LogP contribution in [-0.4, -0.2) is 41.9 Å². The second-order valence-electron chi connectivity index (χ2n) is 7.88. The quantitative estimate of drug-likeness (QED) is 0.412. The molecule has 1 fully saturated rings. The van der Waals surface area contributed by atoms with Gasteiger partial charge >= 0.3 is 12.0 Å². The van der Waals surface area contributed by atoms with E-state index in [0.717, 1.165) is 4.90 Å². The molecule has 0 spiro atoms. The first-order chi connectivity index (χ1) is 16.9. The summed E-state index contributed by atoms with van der Waals surface area (Å²) >= 11 is 0. The van der Waals surface area contributed by atoms with Crippen LogP contribution in [0.15, 0.2) is 78.9 Å². The van der Waals surface area contributed by atoms with Crippen LogP contribution in [0.25, 0.3) is 0 Å². The van der Waals surface area contributed by atoms with Crippen LogP contribution in [0.2, 0.25) is 0 Å². The van der Waals surface area contributed by atoms with Gasteiger partial charge in [0.05, 0.1) is 24.8 Å². The maximum Gasteiger partial charge on any atom is 0.337 e. The number of methoxy groups -OCH3 is 1. The molecule has 1 atom stereocenters. The number of nitrogens with zero attached hydrogens (tertiary/aromatic N) is 2. The Bertz CT molecular complexity index is 1250. The zero-order valence-corrected chi connectivity index (χ0v) is 18.8. The molecule has 0 saturated carbocycles. The van der Waals surface area contributed by atoms with Gasteiger partial charge in [-0.25, -0.2) is 18.9 Å². The summed E-state index contributed by atoms with van der Waals surface area (Å²) < 4.78 is 18.0. The average molecular weight is 475 g/mol. The van der Waals surface area contributed by atoms with Crippen LogP contribution in [0, 0.1) is 5.82 Å². The SMILES string of the molecule is COC(=O)c1ccc(NC(=O)CC2C(=O)N(c3ccccc3)C(=O)N2Cc2ccc(F)cc2)cc1. The molecule has 1 aliphatic rings. The van der Waals surface area contributed by atoms with Crippen LogP contribution in [0.5, 0.6) is 0 Å². The zero-order valence-electron chi connectivity index (χ0n) is 18.8. The van der Waals surface area contributed by atoms with Crippen molar-refractivity contribution in [1.82, 2.24) is 4.90 Å². The summed E-state index contributed by atoms with van der Waals surface area (Å²) in [4.78, 5) is 53.3. The highest BCUT2D eigenvalue weighted by atomic mass is 19.1. The Labute approximate surface area is 200 Å². The molecule has 1 aliphatic heterocycles. The van der Waals surface area contributed by atoms with Crippen molar-refractivity contribution < 1.29 is 28.3 Å². The van der Waals surface area contributed by atoms with Gasteiger partial charge in [-0.1, -0.05) is 30.3 Å². The highest BCUT2D eigenvalue weighted by molar-refractivity contribution is 6.22. The summed E-state index contributed by atoms with van der Waals surface area (Å²) in [5.74, 6) is -1.94. The largest absolute Gasteiger partial charge is 0.465 e. The van der Waals surface area contributed by atoms with E-state index in [9.17, 15) is 23.6 Å². The van der Waals surface area contributed by atoms with Gasteiger partial charge in [0.2, 0.25) is 5.91 Å². The Morgan fingerprint density at radius 3 is 2.23 bits per heavy atom. The maximum absolute atomic E-state index is 13.3. The Hall–Kier alpha value is -4.53. The molecular formula is C26H22FN3O5. The second kappa shape index (κ2) is 10.2. The number of imide groups is 1. The lowest BCUT2D eigenvalue weighted by Crippen LogP contribution is -2.37. The average Bonchev–Trinajstić information content (AvgIpc) is 3.09. The van der Waals surface area contributed by atoms with Gasteiger partial charge in [-0.15, -0.1) is 0 Å². The van der Waals surface area contributed by atoms with E-state index in [1.54, 1.807) is 42.5 Å². The molecule has 35 heavy (non-hydrogen) atoms. The van der Waals surface area contributed by atoms with Crippen LogP contribution in [0.3, 0.4) is 0 Å². The fourth-order valence-corrected chi connectivity index (χ4v) is 3.81. The van der Waals surface area contributed by atoms with E-state index in [1.807, 2.05) is 0 Å². The smallest absolute Gasteiger partial charge is 0.337 e. The Kier molecular flexibility index (Phi) is 6.86. The molecule has 3 aromatic rings. The summed E-state index contributed by atoms with van der Waals surface area (Å²) in [6, 6.07) is 18.5. The number of benzene rings is 3. The molecule has 1 heterocycles. The van der Waals surface area contributed by atoms with Crippen LogP contribution in [0.1, 0.15) is 22.3 Å². The van der Waals surface area contributed by atoms with E-state index in [4.69, 9.17) is 0 Å². The molecule has 9 heteroatoms. The van der Waals surface area contributed by atoms with Crippen molar-refractivity contribution in [2.75, 3.05) is 17.3 Å². The van der Waals surface area contributed by atoms with Crippen molar-refractivity contribution >= 4 is 35.2 Å². The number of halogens is 1. The predicted molar refractivity (Wildman–Crippen MR) is 126 cm³/mol. The molecule has 1 N–H and O–H groups in total. The minimum absolute atomic E-state index is 0.0277. The third kappa shape index (κ3) is 5.19. The summed E-state index contributed by atoms with van der Waals surface area (Å²) in [6.07, 6.45) is -0.284. The summed E-state index contributed by atoms with van der Waals surface area (Å²) in [5, 5.41) is 2.69. The number of urea groups is 1. The number of hydrogen-bond donors (Lipinski definition) is 1. The molecule has 0 radical (unpaired) electrons. The molecule has 0 aliphatic carbocycles. The van der Waals surface area contributed by atoms with Gasteiger partial charge in [-0.2, -0.15) is 0 Å². The molecule has 178 valence electrons. The molecular weight excluding hydrogens is 453 g/mol. The van der Waals surface area contributed by atoms with Crippen molar-refractivity contribution in [1.29, 1.82) is 0 Å². The van der Waals surface area contributed by atoms with E-state index in [0.29, 0.717) is 22.5 Å². The first-order valence-electron chi connectivity index (χ1n) is 10.8. The summed E-state index contributed by atoms with van der Waals surface area (Å²) in [7, 11) is 1.27. The van der Waals surface area contributed by atoms with Gasteiger partial charge in [0.15, 0.2) is 0 Å². The number of esters is 1. The highest BCUT2D eigenvalue weighted by Crippen LogP contribution is 2.28. The molecule has 0 aromatic heterocycles. The monoisotopic (exact) mass is 475 g/mol. The zero-order chi connectivity index (χ0) is 24.9. The minimum atomic E-state index is -1.05. The van der Waals surface area contributed by atoms with Crippen molar-refractivity contribution in [3.8, 4) is 0 Å². The first kappa shape index (κ1) is 23.6. The number of para-hydroxylation sites is 1. The number of rotatable bonds is 7. The summed E-state index contributed by atoms with van der Waals surface area (Å²) in [6.45, 7) is 0.0277. The third-order valence-electron chi connectivity index (χ3n) is 5.57. The number of carbonyl (C=O) groups excluding carboxylic acids is 4. The van der Waals surface area contributed by atoms with Crippen LogP contribution < -0.4 is 10.2 Å². The molecule has 4 rings (SSSR count). The normalized spacial score (nSPS) is 15.3. The number of ether oxygens (including phenoxy) is 1. The fourth-order valence-electron chi connectivity index (χ4n) is 3.81. The number of hydrogen-bond acceptors (Lipinski definition) is 5. The van der Waals surface area contributed by atoms with Gasteiger partial charge in [-0.3, -0.25) is 9.59 Å². The fraction of sp³-hybridized carbons (Fsp3) is 0.154. The molecule has 3 aromatic carbocycles. The van der Waals surface area contributed by atoms with Gasteiger partial charge in [0.25, 0.3) is 5.91 Å². The lowest BCUT2D eigenvalue weighted by molar-refractivity contribution is -0.124. The molecule has 1 saturated heterocycles. The van der Waals surface area contributed by atoms with Crippen molar-refractivity contribution in [3.63, 3.8) is 0 Å².